The standard InChI is InChI=1S/C50H34N4/c1-31-46-42-17-7-9-19-44(42)54-50(48(46)32(2)45-41-16-6-8-18-43(41)53-49(47(31)45)34-12-4-3-5-13-34)35-22-20-33(21-23-35)38-26-39(36-14-10-24-51-29-36)28-40(27-38)37-15-11-25-52-30-37/h3-30H,1-2H3. The highest BCUT2D eigenvalue weighted by Crippen LogP contribution is 2.45. The molecule has 0 bridgehead atoms. The van der Waals surface area contributed by atoms with Gasteiger partial charge in [-0.15, -0.1) is 0 Å². The third kappa shape index (κ3) is 5.22. The third-order valence-corrected chi connectivity index (χ3v) is 10.7. The van der Waals surface area contributed by atoms with E-state index in [-0.39, 0.29) is 0 Å². The van der Waals surface area contributed by atoms with Gasteiger partial charge in [0.05, 0.1) is 22.4 Å². The number of nitrogens with zero attached hydrogens (tertiary/aromatic N) is 4. The molecule has 6 aromatic carbocycles. The first-order chi connectivity index (χ1) is 26.6. The molecular weight excluding hydrogens is 657 g/mol. The molecule has 0 saturated heterocycles. The summed E-state index contributed by atoms with van der Waals surface area (Å²) < 4.78 is 0. The average molecular weight is 691 g/mol. The van der Waals surface area contributed by atoms with Crippen molar-refractivity contribution in [2.24, 2.45) is 0 Å². The van der Waals surface area contributed by atoms with Crippen molar-refractivity contribution in [1.29, 1.82) is 0 Å². The lowest BCUT2D eigenvalue weighted by Crippen LogP contribution is -1.99. The van der Waals surface area contributed by atoms with Crippen molar-refractivity contribution in [1.82, 2.24) is 19.9 Å². The van der Waals surface area contributed by atoms with Gasteiger partial charge in [0.1, 0.15) is 0 Å². The summed E-state index contributed by atoms with van der Waals surface area (Å²) in [6.45, 7) is 4.53. The Balaban J connectivity index is 1.22. The summed E-state index contributed by atoms with van der Waals surface area (Å²) in [5.41, 5.74) is 15.2. The van der Waals surface area contributed by atoms with Crippen LogP contribution in [0.25, 0.3) is 99.2 Å². The zero-order chi connectivity index (χ0) is 36.2. The Morgan fingerprint density at radius 1 is 0.333 bits per heavy atom. The predicted molar refractivity (Wildman–Crippen MR) is 224 cm³/mol. The molecule has 0 atom stereocenters. The van der Waals surface area contributed by atoms with Crippen LogP contribution in [-0.2, 0) is 0 Å². The Morgan fingerprint density at radius 3 is 1.22 bits per heavy atom. The van der Waals surface area contributed by atoms with E-state index < -0.39 is 0 Å². The molecule has 4 heteroatoms. The molecule has 4 aromatic heterocycles. The van der Waals surface area contributed by atoms with Crippen LogP contribution >= 0.6 is 0 Å². The molecular formula is C50H34N4. The van der Waals surface area contributed by atoms with E-state index in [4.69, 9.17) is 9.97 Å². The maximum absolute atomic E-state index is 5.42. The molecule has 0 amide bonds. The van der Waals surface area contributed by atoms with Crippen LogP contribution in [0.5, 0.6) is 0 Å². The second-order valence-electron chi connectivity index (χ2n) is 13.9. The van der Waals surface area contributed by atoms with Crippen molar-refractivity contribution >= 4 is 43.4 Å². The van der Waals surface area contributed by atoms with Crippen molar-refractivity contribution in [2.75, 3.05) is 0 Å². The molecule has 0 aliphatic heterocycles. The van der Waals surface area contributed by atoms with Gasteiger partial charge in [-0.2, -0.15) is 0 Å². The summed E-state index contributed by atoms with van der Waals surface area (Å²) in [4.78, 5) is 19.5. The van der Waals surface area contributed by atoms with Crippen LogP contribution in [0.3, 0.4) is 0 Å². The molecule has 4 heterocycles. The number of para-hydroxylation sites is 2. The van der Waals surface area contributed by atoms with Crippen molar-refractivity contribution in [2.45, 2.75) is 13.8 Å². The fraction of sp³-hybridized carbons (Fsp3) is 0.0400. The predicted octanol–water partition coefficient (Wildman–Crippen LogP) is 12.8. The second kappa shape index (κ2) is 12.9. The molecule has 4 nitrogen and oxygen atoms in total. The van der Waals surface area contributed by atoms with Crippen LogP contribution in [0.4, 0.5) is 0 Å². The van der Waals surface area contributed by atoms with Gasteiger partial charge < -0.3 is 0 Å². The molecule has 0 N–H and O–H groups in total. The van der Waals surface area contributed by atoms with E-state index in [1.165, 1.54) is 32.7 Å². The van der Waals surface area contributed by atoms with Crippen LogP contribution in [0.2, 0.25) is 0 Å². The molecule has 0 fully saturated rings. The molecule has 0 unspecified atom stereocenters. The fourth-order valence-electron chi connectivity index (χ4n) is 8.21. The highest BCUT2D eigenvalue weighted by atomic mass is 14.7. The minimum absolute atomic E-state index is 0.978. The average Bonchev–Trinajstić information content (AvgIpc) is 3.25. The maximum atomic E-state index is 5.42. The summed E-state index contributed by atoms with van der Waals surface area (Å²) >= 11 is 0. The summed E-state index contributed by atoms with van der Waals surface area (Å²) in [6.07, 6.45) is 7.46. The lowest BCUT2D eigenvalue weighted by atomic mass is 9.86. The maximum Gasteiger partial charge on any atom is 0.0791 e. The van der Waals surface area contributed by atoms with Gasteiger partial charge in [-0.3, -0.25) is 9.97 Å². The van der Waals surface area contributed by atoms with Crippen LogP contribution in [0.1, 0.15) is 11.1 Å². The molecule has 10 aromatic rings. The highest BCUT2D eigenvalue weighted by Gasteiger charge is 2.22. The first-order valence-corrected chi connectivity index (χ1v) is 18.3. The van der Waals surface area contributed by atoms with Crippen LogP contribution in [0, 0.1) is 13.8 Å². The molecule has 0 spiro atoms. The van der Waals surface area contributed by atoms with E-state index in [0.29, 0.717) is 0 Å². The van der Waals surface area contributed by atoms with E-state index in [0.717, 1.165) is 77.7 Å². The van der Waals surface area contributed by atoms with Gasteiger partial charge in [-0.05, 0) is 100 Å². The Morgan fingerprint density at radius 2 is 0.741 bits per heavy atom. The topological polar surface area (TPSA) is 51.6 Å². The number of rotatable bonds is 5. The van der Waals surface area contributed by atoms with Gasteiger partial charge in [0, 0.05) is 68.6 Å². The van der Waals surface area contributed by atoms with Crippen molar-refractivity contribution < 1.29 is 0 Å². The van der Waals surface area contributed by atoms with Crippen LogP contribution in [-0.4, -0.2) is 19.9 Å². The number of benzene rings is 6. The van der Waals surface area contributed by atoms with Crippen molar-refractivity contribution in [3.05, 3.63) is 182 Å². The van der Waals surface area contributed by atoms with E-state index in [1.54, 1.807) is 0 Å². The van der Waals surface area contributed by atoms with Crippen LogP contribution < -0.4 is 0 Å². The SMILES string of the molecule is Cc1c2c(-c3ccc(-c4cc(-c5cccnc5)cc(-c5cccnc5)c4)cc3)nc3ccccc3c2c(C)c2c(-c3ccccc3)nc3ccccc3c12. The van der Waals surface area contributed by atoms with E-state index in [2.05, 4.69) is 157 Å². The Kier molecular flexibility index (Phi) is 7.55. The monoisotopic (exact) mass is 690 g/mol. The highest BCUT2D eigenvalue weighted by molar-refractivity contribution is 6.25. The molecule has 254 valence electrons. The number of fused-ring (bicyclic) bond motifs is 6. The largest absolute Gasteiger partial charge is 0.264 e. The first-order valence-electron chi connectivity index (χ1n) is 18.3. The molecule has 0 aliphatic carbocycles. The number of aromatic nitrogens is 4. The van der Waals surface area contributed by atoms with Gasteiger partial charge in [0.15, 0.2) is 0 Å². The van der Waals surface area contributed by atoms with E-state index in [1.807, 2.05) is 36.9 Å². The molecule has 54 heavy (non-hydrogen) atoms. The molecule has 0 radical (unpaired) electrons. The zero-order valence-corrected chi connectivity index (χ0v) is 30.0. The lowest BCUT2D eigenvalue weighted by molar-refractivity contribution is 1.32. The lowest BCUT2D eigenvalue weighted by Gasteiger charge is -2.21. The minimum atomic E-state index is 0.978. The Hall–Kier alpha value is -7.04. The normalized spacial score (nSPS) is 11.5. The van der Waals surface area contributed by atoms with Crippen molar-refractivity contribution in [3.8, 4) is 55.9 Å². The Labute approximate surface area is 313 Å². The van der Waals surface area contributed by atoms with E-state index in [9.17, 15) is 0 Å². The second-order valence-corrected chi connectivity index (χ2v) is 13.9. The Bertz CT molecular complexity index is 2970. The van der Waals surface area contributed by atoms with Gasteiger partial charge in [-0.25, -0.2) is 9.97 Å². The van der Waals surface area contributed by atoms with Gasteiger partial charge >= 0.3 is 0 Å². The summed E-state index contributed by atoms with van der Waals surface area (Å²) in [6, 6.07) is 51.4. The summed E-state index contributed by atoms with van der Waals surface area (Å²) in [5.74, 6) is 0. The molecule has 0 saturated carbocycles. The van der Waals surface area contributed by atoms with Gasteiger partial charge in [0.2, 0.25) is 0 Å². The molecule has 0 aliphatic rings. The number of pyridine rings is 4. The number of hydrogen-bond acceptors (Lipinski definition) is 4. The third-order valence-electron chi connectivity index (χ3n) is 10.7. The summed E-state index contributed by atoms with van der Waals surface area (Å²) in [5, 5.41) is 7.14. The van der Waals surface area contributed by atoms with Gasteiger partial charge in [0.25, 0.3) is 0 Å². The fourth-order valence-corrected chi connectivity index (χ4v) is 8.21. The summed E-state index contributed by atoms with van der Waals surface area (Å²) in [7, 11) is 0. The number of hydrogen-bond donors (Lipinski definition) is 0. The zero-order valence-electron chi connectivity index (χ0n) is 30.0. The van der Waals surface area contributed by atoms with Crippen LogP contribution in [0.15, 0.2) is 170 Å². The first kappa shape index (κ1) is 31.7. The number of aryl methyl sites for hydroxylation is 2. The minimum Gasteiger partial charge on any atom is -0.264 e. The quantitative estimate of drug-likeness (QED) is 0.133. The van der Waals surface area contributed by atoms with E-state index >= 15 is 0 Å². The molecule has 10 rings (SSSR count). The van der Waals surface area contributed by atoms with Crippen molar-refractivity contribution in [3.63, 3.8) is 0 Å². The smallest absolute Gasteiger partial charge is 0.0791 e. The van der Waals surface area contributed by atoms with Gasteiger partial charge in [-0.1, -0.05) is 103 Å².